The van der Waals surface area contributed by atoms with Gasteiger partial charge in [-0.05, 0) is 19.9 Å². The molecule has 1 aliphatic heterocycles. The van der Waals surface area contributed by atoms with E-state index >= 15 is 0 Å². The molecule has 100 valence electrons. The fourth-order valence-electron chi connectivity index (χ4n) is 1.68. The second-order valence-electron chi connectivity index (χ2n) is 4.05. The lowest BCUT2D eigenvalue weighted by Gasteiger charge is -2.20. The zero-order valence-electron chi connectivity index (χ0n) is 10.9. The van der Waals surface area contributed by atoms with Gasteiger partial charge in [0.15, 0.2) is 6.29 Å². The highest BCUT2D eigenvalue weighted by atomic mass is 16.7. The van der Waals surface area contributed by atoms with Crippen LogP contribution in [0, 0.1) is 0 Å². The molecule has 0 saturated carbocycles. The molecule has 1 aromatic carbocycles. The number of epoxide rings is 1. The Labute approximate surface area is 108 Å². The Morgan fingerprint density at radius 2 is 1.89 bits per heavy atom. The Kier molecular flexibility index (Phi) is 4.99. The first-order valence-corrected chi connectivity index (χ1v) is 6.41. The van der Waals surface area contributed by atoms with Crippen LogP contribution in [0.25, 0.3) is 0 Å². The van der Waals surface area contributed by atoms with Crippen molar-refractivity contribution >= 4 is 0 Å². The minimum absolute atomic E-state index is 0.246. The molecule has 0 spiro atoms. The maximum Gasteiger partial charge on any atom is 0.187 e. The molecule has 1 fully saturated rings. The van der Waals surface area contributed by atoms with Gasteiger partial charge in [-0.15, -0.1) is 0 Å². The summed E-state index contributed by atoms with van der Waals surface area (Å²) in [6.45, 7) is 6.49. The fourth-order valence-corrected chi connectivity index (χ4v) is 1.68. The van der Waals surface area contributed by atoms with Gasteiger partial charge < -0.3 is 18.9 Å². The van der Waals surface area contributed by atoms with E-state index in [9.17, 15) is 0 Å². The van der Waals surface area contributed by atoms with Crippen molar-refractivity contribution in [1.29, 1.82) is 0 Å². The van der Waals surface area contributed by atoms with Crippen molar-refractivity contribution in [3.63, 3.8) is 0 Å². The first-order valence-electron chi connectivity index (χ1n) is 6.41. The maximum absolute atomic E-state index is 5.75. The van der Waals surface area contributed by atoms with Crippen LogP contribution in [-0.2, 0) is 14.2 Å². The predicted molar refractivity (Wildman–Crippen MR) is 67.7 cm³/mol. The molecular formula is C14H20O4. The zero-order chi connectivity index (χ0) is 12.8. The molecule has 1 saturated heterocycles. The van der Waals surface area contributed by atoms with Crippen LogP contribution in [0.1, 0.15) is 25.7 Å². The van der Waals surface area contributed by atoms with Crippen molar-refractivity contribution in [1.82, 2.24) is 0 Å². The van der Waals surface area contributed by atoms with Crippen molar-refractivity contribution in [2.24, 2.45) is 0 Å². The van der Waals surface area contributed by atoms with E-state index in [1.165, 1.54) is 0 Å². The highest BCUT2D eigenvalue weighted by Crippen LogP contribution is 2.29. The molecule has 1 heterocycles. The van der Waals surface area contributed by atoms with Gasteiger partial charge in [-0.2, -0.15) is 0 Å². The van der Waals surface area contributed by atoms with Crippen LogP contribution in [0.15, 0.2) is 24.3 Å². The molecule has 1 aliphatic rings. The Morgan fingerprint density at radius 1 is 1.22 bits per heavy atom. The Bertz CT molecular complexity index is 357. The zero-order valence-corrected chi connectivity index (χ0v) is 10.9. The van der Waals surface area contributed by atoms with Crippen LogP contribution in [0.2, 0.25) is 0 Å². The first kappa shape index (κ1) is 13.3. The van der Waals surface area contributed by atoms with E-state index in [0.29, 0.717) is 19.8 Å². The van der Waals surface area contributed by atoms with Gasteiger partial charge in [0.1, 0.15) is 18.5 Å². The van der Waals surface area contributed by atoms with Crippen LogP contribution in [-0.4, -0.2) is 32.5 Å². The van der Waals surface area contributed by atoms with Crippen LogP contribution < -0.4 is 4.74 Å². The third-order valence-corrected chi connectivity index (χ3v) is 2.64. The van der Waals surface area contributed by atoms with Gasteiger partial charge in [0.05, 0.1) is 6.61 Å². The monoisotopic (exact) mass is 252 g/mol. The summed E-state index contributed by atoms with van der Waals surface area (Å²) >= 11 is 0. The summed E-state index contributed by atoms with van der Waals surface area (Å²) in [5, 5.41) is 0. The topological polar surface area (TPSA) is 40.2 Å². The Morgan fingerprint density at radius 3 is 2.50 bits per heavy atom. The van der Waals surface area contributed by atoms with Crippen molar-refractivity contribution in [3.05, 3.63) is 29.8 Å². The number of ether oxygens (including phenoxy) is 4. The third-order valence-electron chi connectivity index (χ3n) is 2.64. The summed E-state index contributed by atoms with van der Waals surface area (Å²) in [4.78, 5) is 0. The number of hydrogen-bond donors (Lipinski definition) is 0. The SMILES string of the molecule is CCOC(OCC)c1ccccc1OCC1CO1. The van der Waals surface area contributed by atoms with Crippen LogP contribution in [0.4, 0.5) is 0 Å². The molecule has 0 radical (unpaired) electrons. The number of para-hydroxylation sites is 1. The van der Waals surface area contributed by atoms with Crippen molar-refractivity contribution in [2.45, 2.75) is 26.2 Å². The van der Waals surface area contributed by atoms with Crippen molar-refractivity contribution < 1.29 is 18.9 Å². The average Bonchev–Trinajstić information content (AvgIpc) is 3.21. The molecule has 1 atom stereocenters. The smallest absolute Gasteiger partial charge is 0.187 e. The molecule has 0 N–H and O–H groups in total. The second kappa shape index (κ2) is 6.73. The first-order chi connectivity index (χ1) is 8.85. The van der Waals surface area contributed by atoms with E-state index in [0.717, 1.165) is 17.9 Å². The molecule has 4 nitrogen and oxygen atoms in total. The predicted octanol–water partition coefficient (Wildman–Crippen LogP) is 2.54. The van der Waals surface area contributed by atoms with Gasteiger partial charge in [-0.3, -0.25) is 0 Å². The van der Waals surface area contributed by atoms with E-state index < -0.39 is 0 Å². The highest BCUT2D eigenvalue weighted by Gasteiger charge is 2.24. The molecule has 0 aromatic heterocycles. The molecule has 0 amide bonds. The summed E-state index contributed by atoms with van der Waals surface area (Å²) in [7, 11) is 0. The fraction of sp³-hybridized carbons (Fsp3) is 0.571. The molecule has 18 heavy (non-hydrogen) atoms. The van der Waals surface area contributed by atoms with Gasteiger partial charge >= 0.3 is 0 Å². The molecule has 1 aromatic rings. The number of hydrogen-bond acceptors (Lipinski definition) is 4. The molecule has 0 bridgehead atoms. The number of rotatable bonds is 8. The normalized spacial score (nSPS) is 18.1. The molecule has 2 rings (SSSR count). The molecule has 0 aliphatic carbocycles. The Balaban J connectivity index is 2.06. The van der Waals surface area contributed by atoms with Crippen LogP contribution in [0.3, 0.4) is 0 Å². The van der Waals surface area contributed by atoms with E-state index in [1.807, 2.05) is 38.1 Å². The molecule has 1 unspecified atom stereocenters. The Hall–Kier alpha value is -1.10. The summed E-state index contributed by atoms with van der Waals surface area (Å²) in [6, 6.07) is 7.81. The van der Waals surface area contributed by atoms with Gasteiger partial charge in [0.2, 0.25) is 0 Å². The third kappa shape index (κ3) is 3.70. The average molecular weight is 252 g/mol. The summed E-state index contributed by atoms with van der Waals surface area (Å²) in [5.41, 5.74) is 0.932. The lowest BCUT2D eigenvalue weighted by Crippen LogP contribution is -2.12. The van der Waals surface area contributed by atoms with E-state index in [2.05, 4.69) is 0 Å². The molecule has 4 heteroatoms. The van der Waals surface area contributed by atoms with E-state index in [1.54, 1.807) is 0 Å². The number of benzene rings is 1. The van der Waals surface area contributed by atoms with Crippen molar-refractivity contribution in [3.8, 4) is 5.75 Å². The van der Waals surface area contributed by atoms with E-state index in [-0.39, 0.29) is 12.4 Å². The minimum Gasteiger partial charge on any atom is -0.490 e. The minimum atomic E-state index is -0.365. The molecular weight excluding hydrogens is 232 g/mol. The summed E-state index contributed by atoms with van der Waals surface area (Å²) in [6.07, 6.45) is -0.119. The van der Waals surface area contributed by atoms with Gasteiger partial charge in [-0.25, -0.2) is 0 Å². The largest absolute Gasteiger partial charge is 0.490 e. The van der Waals surface area contributed by atoms with Crippen LogP contribution >= 0.6 is 0 Å². The summed E-state index contributed by atoms with van der Waals surface area (Å²) < 4.78 is 22.1. The van der Waals surface area contributed by atoms with Crippen molar-refractivity contribution in [2.75, 3.05) is 26.4 Å². The quantitative estimate of drug-likeness (QED) is 0.526. The van der Waals surface area contributed by atoms with Gasteiger partial charge in [0, 0.05) is 18.8 Å². The maximum atomic E-state index is 5.75. The lowest BCUT2D eigenvalue weighted by atomic mass is 10.2. The van der Waals surface area contributed by atoms with Crippen LogP contribution in [0.5, 0.6) is 5.75 Å². The second-order valence-corrected chi connectivity index (χ2v) is 4.05. The van der Waals surface area contributed by atoms with Gasteiger partial charge in [-0.1, -0.05) is 18.2 Å². The van der Waals surface area contributed by atoms with E-state index in [4.69, 9.17) is 18.9 Å². The lowest BCUT2D eigenvalue weighted by molar-refractivity contribution is -0.141. The summed E-state index contributed by atoms with van der Waals surface area (Å²) in [5.74, 6) is 0.805. The highest BCUT2D eigenvalue weighted by molar-refractivity contribution is 5.34. The standard InChI is InChI=1S/C14H20O4/c1-3-15-14(16-4-2)12-7-5-6-8-13(12)18-10-11-9-17-11/h5-8,11,14H,3-4,9-10H2,1-2H3. The van der Waals surface area contributed by atoms with Gasteiger partial charge in [0.25, 0.3) is 0 Å².